The van der Waals surface area contributed by atoms with Crippen LogP contribution in [0.25, 0.3) is 65.2 Å². The normalized spacial score (nSPS) is 16.9. The third kappa shape index (κ3) is 12.0. The highest BCUT2D eigenvalue weighted by Gasteiger charge is 2.52. The lowest BCUT2D eigenvalue weighted by molar-refractivity contribution is -0.124. The zero-order chi connectivity index (χ0) is 60.2. The molecule has 12 heteroatoms. The molecule has 7 aromatic rings. The molecule has 3 aromatic carbocycles. The zero-order valence-electron chi connectivity index (χ0n) is 51.9. The van der Waals surface area contributed by atoms with E-state index >= 15 is 19.2 Å². The number of benzene rings is 3. The van der Waals surface area contributed by atoms with E-state index in [9.17, 15) is 0 Å². The number of amides is 4. The van der Waals surface area contributed by atoms with Gasteiger partial charge in [-0.05, 0) is 153 Å². The summed E-state index contributed by atoms with van der Waals surface area (Å²) in [6.45, 7) is 20.2. The van der Waals surface area contributed by atoms with Crippen molar-refractivity contribution in [1.82, 2.24) is 19.6 Å². The molecule has 8 nitrogen and oxygen atoms in total. The lowest BCUT2D eigenvalue weighted by Gasteiger charge is -2.29. The molecule has 11 rings (SSSR count). The number of carbonyl (C=O) groups is 4. The van der Waals surface area contributed by atoms with E-state index in [2.05, 4.69) is 151 Å². The first-order valence-electron chi connectivity index (χ1n) is 32.5. The smallest absolute Gasteiger partial charge is 0.261 e. The summed E-state index contributed by atoms with van der Waals surface area (Å²) in [5.41, 5.74) is 7.65. The number of thiophene rings is 4. The Labute approximate surface area is 527 Å². The van der Waals surface area contributed by atoms with E-state index in [4.69, 9.17) is 0 Å². The van der Waals surface area contributed by atoms with Crippen molar-refractivity contribution < 1.29 is 19.2 Å². The van der Waals surface area contributed by atoms with Gasteiger partial charge in [-0.3, -0.25) is 19.2 Å². The van der Waals surface area contributed by atoms with Crippen LogP contribution in [0.15, 0.2) is 130 Å². The molecule has 4 amide bonds. The van der Waals surface area contributed by atoms with Gasteiger partial charge in [-0.2, -0.15) is 0 Å². The topological polar surface area (TPSA) is 81.2 Å². The Kier molecular flexibility index (Phi) is 19.6. The molecule has 0 saturated carbocycles. The lowest BCUT2D eigenvalue weighted by atomic mass is 9.98. The highest BCUT2D eigenvalue weighted by Crippen LogP contribution is 2.52. The molecule has 0 fully saturated rings. The number of carbonyl (C=O) groups excluding carboxylic acids is 4. The Hall–Kier alpha value is -6.18. The van der Waals surface area contributed by atoms with Crippen LogP contribution in [0.2, 0.25) is 0 Å². The van der Waals surface area contributed by atoms with E-state index in [-0.39, 0.29) is 23.6 Å². The Bertz CT molecular complexity index is 3510. The molecule has 0 saturated heterocycles. The van der Waals surface area contributed by atoms with Crippen LogP contribution in [0.1, 0.15) is 178 Å². The molecule has 4 unspecified atom stereocenters. The molecule has 4 atom stereocenters. The van der Waals surface area contributed by atoms with Crippen LogP contribution in [-0.2, 0) is 19.2 Å². The first-order valence-corrected chi connectivity index (χ1v) is 35.9. The third-order valence-corrected chi connectivity index (χ3v) is 22.9. The maximum absolute atomic E-state index is 15.2. The minimum absolute atomic E-state index is 0.0424. The summed E-state index contributed by atoms with van der Waals surface area (Å²) < 4.78 is 0. The number of fused-ring (bicyclic) bond motifs is 4. The second-order valence-electron chi connectivity index (χ2n) is 24.5. The van der Waals surface area contributed by atoms with E-state index in [1.54, 1.807) is 45.3 Å². The number of nitrogens with zero attached hydrogens (tertiary/aromatic N) is 4. The molecule has 4 aliphatic heterocycles. The van der Waals surface area contributed by atoms with Gasteiger partial charge in [0.15, 0.2) is 0 Å². The van der Waals surface area contributed by atoms with E-state index in [0.29, 0.717) is 72.1 Å². The molecule has 4 aliphatic rings. The lowest BCUT2D eigenvalue weighted by Crippen LogP contribution is -2.34. The first kappa shape index (κ1) is 61.5. The fourth-order valence-corrected chi connectivity index (χ4v) is 17.3. The van der Waals surface area contributed by atoms with E-state index in [0.717, 1.165) is 187 Å². The van der Waals surface area contributed by atoms with Crippen molar-refractivity contribution in [2.24, 2.45) is 23.7 Å². The highest BCUT2D eigenvalue weighted by atomic mass is 32.1. The first-order chi connectivity index (χ1) is 42.0. The Morgan fingerprint density at radius 1 is 0.337 bits per heavy atom. The van der Waals surface area contributed by atoms with Crippen molar-refractivity contribution in [2.45, 2.75) is 158 Å². The fraction of sp³-hybridized carbons (Fsp3) is 0.432. The second kappa shape index (κ2) is 27.5. The zero-order valence-corrected chi connectivity index (χ0v) is 55.2. The van der Waals surface area contributed by atoms with Gasteiger partial charge < -0.3 is 19.6 Å². The van der Waals surface area contributed by atoms with Gasteiger partial charge >= 0.3 is 0 Å². The number of hydrogen-bond acceptors (Lipinski definition) is 8. The van der Waals surface area contributed by atoms with Gasteiger partial charge in [0.2, 0.25) is 0 Å². The molecule has 8 heterocycles. The van der Waals surface area contributed by atoms with Gasteiger partial charge in [-0.25, -0.2) is 0 Å². The molecule has 0 radical (unpaired) electrons. The number of unbranched alkanes of at least 4 members (excludes halogenated alkanes) is 4. The molecule has 4 aromatic heterocycles. The van der Waals surface area contributed by atoms with Crippen molar-refractivity contribution in [3.05, 3.63) is 150 Å². The second-order valence-corrected chi connectivity index (χ2v) is 28.5. The summed E-state index contributed by atoms with van der Waals surface area (Å²) in [5.74, 6) is 1.17. The van der Waals surface area contributed by atoms with Gasteiger partial charge in [0.05, 0.1) is 64.6 Å². The van der Waals surface area contributed by atoms with Crippen molar-refractivity contribution in [3.8, 4) is 20.9 Å². The highest BCUT2D eigenvalue weighted by molar-refractivity contribution is 7.17. The third-order valence-electron chi connectivity index (χ3n) is 18.9. The van der Waals surface area contributed by atoms with Gasteiger partial charge in [-0.1, -0.05) is 169 Å². The monoisotopic (exact) mass is 1220 g/mol. The van der Waals surface area contributed by atoms with Crippen LogP contribution in [-0.4, -0.2) is 69.4 Å². The van der Waals surface area contributed by atoms with E-state index < -0.39 is 0 Å². The van der Waals surface area contributed by atoms with E-state index in [1.165, 1.54) is 0 Å². The summed E-state index contributed by atoms with van der Waals surface area (Å²) in [6, 6.07) is 34.8. The van der Waals surface area contributed by atoms with Crippen molar-refractivity contribution in [2.75, 3.05) is 26.2 Å². The number of hydrogen-bond donors (Lipinski definition) is 0. The van der Waals surface area contributed by atoms with Crippen LogP contribution in [0.4, 0.5) is 0 Å². The van der Waals surface area contributed by atoms with Crippen molar-refractivity contribution in [1.29, 1.82) is 0 Å². The van der Waals surface area contributed by atoms with Gasteiger partial charge in [0.1, 0.15) is 0 Å². The fourth-order valence-electron chi connectivity index (χ4n) is 13.6. The number of rotatable bonds is 30. The molecule has 0 aliphatic carbocycles. The minimum atomic E-state index is -0.0424. The van der Waals surface area contributed by atoms with Crippen LogP contribution in [0, 0.1) is 23.7 Å². The SMILES string of the molecule is CCCCC(CC)CN1C(=O)C2=C(c3ccc(-c4ccc5cc6cc(-c7ccc(C8=C9C(=O)N(CC(CC)CCCC)C(c%10cccs%10)=C9C(=O)N8CC(CC)CCCC)s7)ccc6cc5c4)s3)N(CC(CC)CCCC)C(=O)C2=C1c1cccs1. The van der Waals surface area contributed by atoms with Crippen molar-refractivity contribution >= 4 is 113 Å². The summed E-state index contributed by atoms with van der Waals surface area (Å²) in [4.78, 5) is 74.7. The Morgan fingerprint density at radius 2 is 0.640 bits per heavy atom. The molecule has 0 N–H and O–H groups in total. The maximum atomic E-state index is 15.2. The Morgan fingerprint density at radius 3 is 0.919 bits per heavy atom. The van der Waals surface area contributed by atoms with Crippen LogP contribution >= 0.6 is 45.3 Å². The molecule has 0 spiro atoms. The predicted octanol–water partition coefficient (Wildman–Crippen LogP) is 20.1. The summed E-state index contributed by atoms with van der Waals surface area (Å²) >= 11 is 6.56. The standard InChI is InChI=1S/C74H86N4O4S4/c1-9-17-23-47(13-5)43-75-67(59-27-21-37-83-59)63-65(73(75)81)69(77(71(63)79)45-49(15-7)25-19-11-3)61-35-33-57(85-61)53-31-29-51-40-56-42-54(32-30-52(56)39-55(51)41-53)58-34-36-62(86-58)70-66-64(72(80)78(70)46-50(16-8)26-20-12-4)68(60-28-22-38-84-60)76(74(66)82)44-48(14-6)24-18-10-2/h21-22,27-42,47-50H,9-20,23-26,43-46H2,1-8H3. The maximum Gasteiger partial charge on any atom is 0.261 e. The quantitative estimate of drug-likeness (QED) is 0.0420. The average molecular weight is 1220 g/mol. The average Bonchev–Trinajstić information content (AvgIpc) is 1.69. The summed E-state index contributed by atoms with van der Waals surface area (Å²) in [5, 5.41) is 8.66. The van der Waals surface area contributed by atoms with Gasteiger partial charge in [0.25, 0.3) is 23.6 Å². The molecule has 86 heavy (non-hydrogen) atoms. The van der Waals surface area contributed by atoms with Crippen molar-refractivity contribution in [3.63, 3.8) is 0 Å². The minimum Gasteiger partial charge on any atom is -0.306 e. The molecule has 0 bridgehead atoms. The predicted molar refractivity (Wildman–Crippen MR) is 364 cm³/mol. The van der Waals surface area contributed by atoms with E-state index in [1.807, 2.05) is 31.7 Å². The largest absolute Gasteiger partial charge is 0.306 e. The molecular weight excluding hydrogens is 1140 g/mol. The Balaban J connectivity index is 0.925. The molecule has 450 valence electrons. The molecular formula is C74H86N4O4S4. The summed E-state index contributed by atoms with van der Waals surface area (Å²) in [7, 11) is 0. The van der Waals surface area contributed by atoms with Crippen LogP contribution < -0.4 is 0 Å². The summed E-state index contributed by atoms with van der Waals surface area (Å²) in [6.07, 6.45) is 17.0. The van der Waals surface area contributed by atoms with Gasteiger partial charge in [-0.15, -0.1) is 45.3 Å². The van der Waals surface area contributed by atoms with Crippen LogP contribution in [0.5, 0.6) is 0 Å². The van der Waals surface area contributed by atoms with Gasteiger partial charge in [0, 0.05) is 35.9 Å². The van der Waals surface area contributed by atoms with Crippen LogP contribution in [0.3, 0.4) is 0 Å².